The van der Waals surface area contributed by atoms with E-state index in [1.807, 2.05) is 11.3 Å². The Kier molecular flexibility index (Phi) is 3.59. The van der Waals surface area contributed by atoms with E-state index in [1.54, 1.807) is 0 Å². The predicted octanol–water partition coefficient (Wildman–Crippen LogP) is 4.52. The lowest BCUT2D eigenvalue weighted by Gasteiger charge is -2.21. The van der Waals surface area contributed by atoms with E-state index in [1.165, 1.54) is 16.3 Å². The maximum Gasteiger partial charge on any atom is 0.0984 e. The van der Waals surface area contributed by atoms with Gasteiger partial charge in [0, 0.05) is 21.9 Å². The van der Waals surface area contributed by atoms with Crippen molar-refractivity contribution in [2.75, 3.05) is 0 Å². The first kappa shape index (κ1) is 12.7. The summed E-state index contributed by atoms with van der Waals surface area (Å²) in [4.78, 5) is 6.01. The minimum absolute atomic E-state index is 0.229. The van der Waals surface area contributed by atoms with Crippen molar-refractivity contribution in [3.63, 3.8) is 0 Å². The molecular weight excluding hydrogens is 202 g/mol. The zero-order chi connectivity index (χ0) is 11.7. The van der Waals surface area contributed by atoms with Crippen LogP contribution < -0.4 is 0 Å². The van der Waals surface area contributed by atoms with E-state index in [9.17, 15) is 0 Å². The molecule has 0 radical (unpaired) electrons. The zero-order valence-electron chi connectivity index (χ0n) is 10.8. The maximum absolute atomic E-state index is 4.59. The van der Waals surface area contributed by atoms with Gasteiger partial charge < -0.3 is 0 Å². The van der Waals surface area contributed by atoms with Gasteiger partial charge in [0.05, 0.1) is 5.01 Å². The highest BCUT2D eigenvalue weighted by Gasteiger charge is 2.26. The molecule has 1 nitrogen and oxygen atoms in total. The van der Waals surface area contributed by atoms with Crippen LogP contribution in [0.2, 0.25) is 0 Å². The SMILES string of the molecule is CCC(C)(C)c1cnc(C(C)(C)CC)s1. The first-order chi connectivity index (χ1) is 6.83. The van der Waals surface area contributed by atoms with Crippen molar-refractivity contribution < 1.29 is 0 Å². The third-order valence-corrected chi connectivity index (χ3v) is 5.25. The van der Waals surface area contributed by atoms with E-state index < -0.39 is 0 Å². The average Bonchev–Trinajstić information content (AvgIpc) is 2.67. The molecular formula is C13H23NS. The van der Waals surface area contributed by atoms with Crippen LogP contribution in [-0.2, 0) is 10.8 Å². The van der Waals surface area contributed by atoms with Gasteiger partial charge >= 0.3 is 0 Å². The van der Waals surface area contributed by atoms with Crippen LogP contribution in [0.3, 0.4) is 0 Å². The largest absolute Gasteiger partial charge is 0.249 e. The van der Waals surface area contributed by atoms with Crippen LogP contribution in [0, 0.1) is 0 Å². The molecule has 86 valence electrons. The molecule has 2 heteroatoms. The molecule has 0 amide bonds. The molecule has 1 heterocycles. The lowest BCUT2D eigenvalue weighted by Crippen LogP contribution is -2.15. The van der Waals surface area contributed by atoms with Crippen molar-refractivity contribution in [2.45, 2.75) is 65.2 Å². The Morgan fingerprint density at radius 1 is 1.07 bits per heavy atom. The molecule has 1 aromatic rings. The molecule has 1 rings (SSSR count). The molecule has 0 saturated carbocycles. The van der Waals surface area contributed by atoms with Crippen LogP contribution in [0.15, 0.2) is 6.20 Å². The Labute approximate surface area is 97.9 Å². The lowest BCUT2D eigenvalue weighted by molar-refractivity contribution is 0.503. The molecule has 0 aromatic carbocycles. The molecule has 0 aliphatic rings. The molecule has 0 fully saturated rings. The minimum atomic E-state index is 0.229. The number of aromatic nitrogens is 1. The average molecular weight is 225 g/mol. The molecule has 15 heavy (non-hydrogen) atoms. The Balaban J connectivity index is 3.00. The maximum atomic E-state index is 4.59. The Morgan fingerprint density at radius 3 is 2.07 bits per heavy atom. The van der Waals surface area contributed by atoms with E-state index in [2.05, 4.69) is 52.7 Å². The summed E-state index contributed by atoms with van der Waals surface area (Å²) < 4.78 is 0. The van der Waals surface area contributed by atoms with Gasteiger partial charge in [-0.25, -0.2) is 4.98 Å². The molecule has 0 N–H and O–H groups in total. The minimum Gasteiger partial charge on any atom is -0.249 e. The van der Waals surface area contributed by atoms with E-state index in [0.29, 0.717) is 0 Å². The molecule has 0 spiro atoms. The van der Waals surface area contributed by atoms with Crippen molar-refractivity contribution in [3.8, 4) is 0 Å². The van der Waals surface area contributed by atoms with Crippen molar-refractivity contribution in [3.05, 3.63) is 16.1 Å². The second-order valence-electron chi connectivity index (χ2n) is 5.50. The van der Waals surface area contributed by atoms with Gasteiger partial charge in [0.15, 0.2) is 0 Å². The molecule has 0 atom stereocenters. The van der Waals surface area contributed by atoms with Crippen molar-refractivity contribution >= 4 is 11.3 Å². The Hall–Kier alpha value is -0.370. The monoisotopic (exact) mass is 225 g/mol. The third kappa shape index (κ3) is 2.60. The van der Waals surface area contributed by atoms with Gasteiger partial charge in [-0.2, -0.15) is 0 Å². The number of hydrogen-bond acceptors (Lipinski definition) is 2. The van der Waals surface area contributed by atoms with Crippen LogP contribution in [0.25, 0.3) is 0 Å². The first-order valence-electron chi connectivity index (χ1n) is 5.80. The quantitative estimate of drug-likeness (QED) is 0.734. The second kappa shape index (κ2) is 4.25. The summed E-state index contributed by atoms with van der Waals surface area (Å²) >= 11 is 1.88. The van der Waals surface area contributed by atoms with Crippen molar-refractivity contribution in [1.82, 2.24) is 4.98 Å². The Morgan fingerprint density at radius 2 is 1.60 bits per heavy atom. The van der Waals surface area contributed by atoms with E-state index in [4.69, 9.17) is 0 Å². The summed E-state index contributed by atoms with van der Waals surface area (Å²) in [6.07, 6.45) is 4.38. The third-order valence-electron chi connectivity index (χ3n) is 3.52. The number of nitrogens with zero attached hydrogens (tertiary/aromatic N) is 1. The van der Waals surface area contributed by atoms with Gasteiger partial charge in [-0.1, -0.05) is 41.5 Å². The summed E-state index contributed by atoms with van der Waals surface area (Å²) in [5.41, 5.74) is 0.506. The normalized spacial score (nSPS) is 13.2. The molecule has 1 aromatic heterocycles. The summed E-state index contributed by atoms with van der Waals surface area (Å²) in [7, 11) is 0. The summed E-state index contributed by atoms with van der Waals surface area (Å²) in [5, 5.41) is 1.28. The fourth-order valence-corrected chi connectivity index (χ4v) is 2.49. The standard InChI is InChI=1S/C13H23NS/c1-7-12(3,4)10-9-14-11(15-10)13(5,6)8-2/h9H,7-8H2,1-6H3. The summed E-state index contributed by atoms with van der Waals surface area (Å²) in [6, 6.07) is 0. The molecule has 0 unspecified atom stereocenters. The number of rotatable bonds is 4. The van der Waals surface area contributed by atoms with Gasteiger partial charge in [0.25, 0.3) is 0 Å². The van der Waals surface area contributed by atoms with Gasteiger partial charge in [-0.3, -0.25) is 0 Å². The highest BCUT2D eigenvalue weighted by atomic mass is 32.1. The zero-order valence-corrected chi connectivity index (χ0v) is 11.7. The fraction of sp³-hybridized carbons (Fsp3) is 0.769. The van der Waals surface area contributed by atoms with Crippen LogP contribution >= 0.6 is 11.3 Å². The summed E-state index contributed by atoms with van der Waals surface area (Å²) in [5.74, 6) is 0. The van der Waals surface area contributed by atoms with Crippen LogP contribution in [0.5, 0.6) is 0 Å². The molecule has 0 aliphatic carbocycles. The van der Waals surface area contributed by atoms with E-state index >= 15 is 0 Å². The van der Waals surface area contributed by atoms with Crippen LogP contribution in [-0.4, -0.2) is 4.98 Å². The van der Waals surface area contributed by atoms with Gasteiger partial charge in [0.2, 0.25) is 0 Å². The molecule has 0 bridgehead atoms. The van der Waals surface area contributed by atoms with E-state index in [0.717, 1.165) is 6.42 Å². The topological polar surface area (TPSA) is 12.9 Å². The molecule has 0 aliphatic heterocycles. The van der Waals surface area contributed by atoms with Crippen LogP contribution in [0.4, 0.5) is 0 Å². The first-order valence-corrected chi connectivity index (χ1v) is 6.62. The fourth-order valence-electron chi connectivity index (χ4n) is 1.23. The predicted molar refractivity (Wildman–Crippen MR) is 68.7 cm³/mol. The smallest absolute Gasteiger partial charge is 0.0984 e. The lowest BCUT2D eigenvalue weighted by atomic mass is 9.89. The highest BCUT2D eigenvalue weighted by molar-refractivity contribution is 7.11. The second-order valence-corrected chi connectivity index (χ2v) is 6.54. The van der Waals surface area contributed by atoms with E-state index in [-0.39, 0.29) is 10.8 Å². The van der Waals surface area contributed by atoms with Gasteiger partial charge in [-0.05, 0) is 12.8 Å². The number of thiazole rings is 1. The molecule has 0 saturated heterocycles. The van der Waals surface area contributed by atoms with Gasteiger partial charge in [0.1, 0.15) is 0 Å². The van der Waals surface area contributed by atoms with Crippen molar-refractivity contribution in [1.29, 1.82) is 0 Å². The van der Waals surface area contributed by atoms with Gasteiger partial charge in [-0.15, -0.1) is 11.3 Å². The highest BCUT2D eigenvalue weighted by Crippen LogP contribution is 2.36. The van der Waals surface area contributed by atoms with Crippen LogP contribution in [0.1, 0.15) is 64.3 Å². The summed E-state index contributed by atoms with van der Waals surface area (Å²) in [6.45, 7) is 13.6. The van der Waals surface area contributed by atoms with Crippen molar-refractivity contribution in [2.24, 2.45) is 0 Å². The Bertz CT molecular complexity index is 293. The number of hydrogen-bond donors (Lipinski definition) is 0.